The summed E-state index contributed by atoms with van der Waals surface area (Å²) >= 11 is 1.04. The molecular weight excluding hydrogens is 284 g/mol. The van der Waals surface area contributed by atoms with Crippen LogP contribution in [0.1, 0.15) is 41.2 Å². The van der Waals surface area contributed by atoms with Crippen molar-refractivity contribution < 1.29 is 24.9 Å². The summed E-state index contributed by atoms with van der Waals surface area (Å²) in [6, 6.07) is 0. The van der Waals surface area contributed by atoms with E-state index in [0.29, 0.717) is 11.4 Å². The van der Waals surface area contributed by atoms with Crippen molar-refractivity contribution in [2.75, 3.05) is 5.75 Å². The summed E-state index contributed by atoms with van der Waals surface area (Å²) < 4.78 is 1.16. The molecule has 2 unspecified atom stereocenters. The molecule has 0 radical (unpaired) electrons. The van der Waals surface area contributed by atoms with E-state index in [-0.39, 0.29) is 22.8 Å². The molecule has 0 bridgehead atoms. The molecule has 1 heterocycles. The third kappa shape index (κ3) is 3.81. The minimum absolute atomic E-state index is 0.0736. The molecule has 8 heteroatoms. The minimum atomic E-state index is -1.35. The molecule has 3 N–H and O–H groups in total. The van der Waals surface area contributed by atoms with Crippen LogP contribution in [0.4, 0.5) is 0 Å². The van der Waals surface area contributed by atoms with Gasteiger partial charge in [-0.3, -0.25) is 9.48 Å². The Labute approximate surface area is 120 Å². The SMILES string of the molecule is CC(=O)SCCC(O)C(O)c1c(C)nn(C)c1C(=O)O. The Morgan fingerprint density at radius 1 is 1.40 bits per heavy atom. The first-order chi connectivity index (χ1) is 9.25. The lowest BCUT2D eigenvalue weighted by molar-refractivity contribution is -0.109. The Morgan fingerprint density at radius 3 is 2.50 bits per heavy atom. The van der Waals surface area contributed by atoms with Gasteiger partial charge in [-0.2, -0.15) is 5.10 Å². The molecule has 7 nitrogen and oxygen atoms in total. The predicted octanol–water partition coefficient (Wildman–Crippen LogP) is 0.491. The van der Waals surface area contributed by atoms with Gasteiger partial charge < -0.3 is 15.3 Å². The van der Waals surface area contributed by atoms with E-state index in [2.05, 4.69) is 5.10 Å². The second-order valence-electron chi connectivity index (χ2n) is 4.42. The molecule has 0 amide bonds. The maximum atomic E-state index is 11.2. The van der Waals surface area contributed by atoms with E-state index in [1.165, 1.54) is 14.0 Å². The van der Waals surface area contributed by atoms with Gasteiger partial charge in [-0.1, -0.05) is 11.8 Å². The zero-order valence-electron chi connectivity index (χ0n) is 11.5. The Balaban J connectivity index is 2.88. The number of carboxylic acid groups (broad SMARTS) is 1. The first-order valence-corrected chi connectivity index (χ1v) is 7.00. The molecule has 0 aliphatic carbocycles. The van der Waals surface area contributed by atoms with E-state index in [0.717, 1.165) is 16.4 Å². The summed E-state index contributed by atoms with van der Waals surface area (Å²) in [6.45, 7) is 2.99. The van der Waals surface area contributed by atoms with Crippen molar-refractivity contribution >= 4 is 22.8 Å². The van der Waals surface area contributed by atoms with Gasteiger partial charge in [0.1, 0.15) is 6.10 Å². The van der Waals surface area contributed by atoms with Gasteiger partial charge in [-0.25, -0.2) is 4.79 Å². The number of aromatic nitrogens is 2. The Bertz CT molecular complexity index is 514. The number of rotatable bonds is 6. The van der Waals surface area contributed by atoms with E-state index in [1.54, 1.807) is 6.92 Å². The van der Waals surface area contributed by atoms with Crippen molar-refractivity contribution in [1.82, 2.24) is 9.78 Å². The van der Waals surface area contributed by atoms with Crippen LogP contribution in [-0.4, -0.2) is 48.0 Å². The summed E-state index contributed by atoms with van der Waals surface area (Å²) in [6.07, 6.45) is -2.32. The quantitative estimate of drug-likeness (QED) is 0.701. The highest BCUT2D eigenvalue weighted by atomic mass is 32.2. The van der Waals surface area contributed by atoms with Crippen LogP contribution in [0, 0.1) is 6.92 Å². The lowest BCUT2D eigenvalue weighted by Gasteiger charge is -2.18. The molecule has 2 atom stereocenters. The molecular formula is C12H18N2O5S. The molecule has 1 aromatic heterocycles. The van der Waals surface area contributed by atoms with Crippen LogP contribution in [0.2, 0.25) is 0 Å². The van der Waals surface area contributed by atoms with E-state index >= 15 is 0 Å². The highest BCUT2D eigenvalue weighted by molar-refractivity contribution is 8.13. The topological polar surface area (TPSA) is 113 Å². The molecule has 0 aliphatic rings. The van der Waals surface area contributed by atoms with Crippen molar-refractivity contribution in [3.63, 3.8) is 0 Å². The Morgan fingerprint density at radius 2 is 2.00 bits per heavy atom. The van der Waals surface area contributed by atoms with Gasteiger partial charge in [0.25, 0.3) is 0 Å². The van der Waals surface area contributed by atoms with Crippen LogP contribution in [0.25, 0.3) is 0 Å². The summed E-state index contributed by atoms with van der Waals surface area (Å²) in [5.41, 5.74) is 0.323. The van der Waals surface area contributed by atoms with Crippen LogP contribution < -0.4 is 0 Å². The van der Waals surface area contributed by atoms with Gasteiger partial charge in [-0.05, 0) is 13.3 Å². The number of thioether (sulfide) groups is 1. The number of aliphatic hydroxyl groups excluding tert-OH is 2. The number of carbonyl (C=O) groups is 2. The number of aryl methyl sites for hydroxylation is 2. The highest BCUT2D eigenvalue weighted by Crippen LogP contribution is 2.26. The number of aliphatic hydroxyl groups is 2. The molecule has 0 saturated heterocycles. The highest BCUT2D eigenvalue weighted by Gasteiger charge is 2.29. The number of hydrogen-bond donors (Lipinski definition) is 3. The molecule has 1 rings (SSSR count). The maximum absolute atomic E-state index is 11.2. The van der Waals surface area contributed by atoms with Crippen molar-refractivity contribution in [1.29, 1.82) is 0 Å². The largest absolute Gasteiger partial charge is 0.477 e. The Kier molecular flexibility index (Phi) is 5.73. The Hall–Kier alpha value is -1.38. The lowest BCUT2D eigenvalue weighted by Crippen LogP contribution is -2.22. The monoisotopic (exact) mass is 302 g/mol. The van der Waals surface area contributed by atoms with Crippen LogP contribution in [0.5, 0.6) is 0 Å². The first-order valence-electron chi connectivity index (χ1n) is 6.02. The van der Waals surface area contributed by atoms with E-state index in [1.807, 2.05) is 0 Å². The third-order valence-electron chi connectivity index (χ3n) is 2.85. The molecule has 0 aliphatic heterocycles. The summed E-state index contributed by atoms with van der Waals surface area (Å²) in [7, 11) is 1.46. The third-order valence-corrected chi connectivity index (χ3v) is 3.70. The summed E-state index contributed by atoms with van der Waals surface area (Å²) in [5.74, 6) is -0.859. The second-order valence-corrected chi connectivity index (χ2v) is 5.69. The van der Waals surface area contributed by atoms with Crippen molar-refractivity contribution in [3.05, 3.63) is 17.0 Å². The molecule has 0 fully saturated rings. The molecule has 0 spiro atoms. The van der Waals surface area contributed by atoms with E-state index < -0.39 is 18.2 Å². The smallest absolute Gasteiger partial charge is 0.354 e. The summed E-state index contributed by atoms with van der Waals surface area (Å²) in [5, 5.41) is 33.0. The molecule has 1 aromatic rings. The van der Waals surface area contributed by atoms with Crippen molar-refractivity contribution in [2.24, 2.45) is 7.05 Å². The fraction of sp³-hybridized carbons (Fsp3) is 0.583. The van der Waals surface area contributed by atoms with Gasteiger partial charge in [0.05, 0.1) is 11.8 Å². The fourth-order valence-electron chi connectivity index (χ4n) is 1.96. The first kappa shape index (κ1) is 16.7. The normalized spacial score (nSPS) is 14.1. The van der Waals surface area contributed by atoms with Crippen LogP contribution in [0.3, 0.4) is 0 Å². The number of aromatic carboxylic acids is 1. The number of carbonyl (C=O) groups excluding carboxylic acids is 1. The van der Waals surface area contributed by atoms with Crippen LogP contribution in [0.15, 0.2) is 0 Å². The number of nitrogens with zero attached hydrogens (tertiary/aromatic N) is 2. The minimum Gasteiger partial charge on any atom is -0.477 e. The van der Waals surface area contributed by atoms with E-state index in [9.17, 15) is 19.8 Å². The van der Waals surface area contributed by atoms with E-state index in [4.69, 9.17) is 5.11 Å². The average Bonchev–Trinajstić information content (AvgIpc) is 2.62. The van der Waals surface area contributed by atoms with Gasteiger partial charge in [0.15, 0.2) is 10.8 Å². The zero-order chi connectivity index (χ0) is 15.4. The molecule has 0 saturated carbocycles. The second kappa shape index (κ2) is 6.87. The lowest BCUT2D eigenvalue weighted by atomic mass is 10.0. The van der Waals surface area contributed by atoms with Gasteiger partial charge in [-0.15, -0.1) is 0 Å². The standard InChI is InChI=1S/C12H18N2O5S/c1-6-9(10(12(18)19)14(3)13-6)11(17)8(16)4-5-20-7(2)15/h8,11,16-17H,4-5H2,1-3H3,(H,18,19). The van der Waals surface area contributed by atoms with Gasteiger partial charge >= 0.3 is 5.97 Å². The van der Waals surface area contributed by atoms with Crippen molar-refractivity contribution in [2.45, 2.75) is 32.5 Å². The average molecular weight is 302 g/mol. The molecule has 0 aromatic carbocycles. The van der Waals surface area contributed by atoms with Gasteiger partial charge in [0.2, 0.25) is 0 Å². The van der Waals surface area contributed by atoms with Crippen molar-refractivity contribution in [3.8, 4) is 0 Å². The van der Waals surface area contributed by atoms with Gasteiger partial charge in [0, 0.05) is 25.3 Å². The van der Waals surface area contributed by atoms with Crippen LogP contribution in [-0.2, 0) is 11.8 Å². The van der Waals surface area contributed by atoms with Crippen LogP contribution >= 0.6 is 11.8 Å². The molecule has 20 heavy (non-hydrogen) atoms. The summed E-state index contributed by atoms with van der Waals surface area (Å²) in [4.78, 5) is 22.0. The number of hydrogen-bond acceptors (Lipinski definition) is 6. The fourth-order valence-corrected chi connectivity index (χ4v) is 2.60. The predicted molar refractivity (Wildman–Crippen MR) is 73.6 cm³/mol. The maximum Gasteiger partial charge on any atom is 0.354 e. The molecule has 112 valence electrons. The number of carboxylic acids is 1. The zero-order valence-corrected chi connectivity index (χ0v) is 12.3.